The SMILES string of the molecule is O=[C]c1cc(Cl)c([C]=O)c2c([C]=O)cc(Cl)c([C]=O)c12. The van der Waals surface area contributed by atoms with Crippen LogP contribution in [0.25, 0.3) is 10.8 Å². The normalized spacial score (nSPS) is 10.3. The Morgan fingerprint density at radius 1 is 0.650 bits per heavy atom. The molecule has 0 fully saturated rings. The summed E-state index contributed by atoms with van der Waals surface area (Å²) >= 11 is 11.7. The highest BCUT2D eigenvalue weighted by molar-refractivity contribution is 6.38. The number of halogens is 2. The summed E-state index contributed by atoms with van der Waals surface area (Å²) in [5.41, 5.74) is -0.540. The molecule has 0 bridgehead atoms. The van der Waals surface area contributed by atoms with E-state index in [1.807, 2.05) is 0 Å². The Kier molecular flexibility index (Phi) is 3.97. The van der Waals surface area contributed by atoms with Gasteiger partial charge in [0.25, 0.3) is 0 Å². The maximum atomic E-state index is 11.0. The van der Waals surface area contributed by atoms with Gasteiger partial charge in [0.2, 0.25) is 25.1 Å². The van der Waals surface area contributed by atoms with Crippen molar-refractivity contribution in [3.05, 3.63) is 44.4 Å². The van der Waals surface area contributed by atoms with E-state index in [1.165, 1.54) is 0 Å². The first kappa shape index (κ1) is 14.4. The second-order valence-corrected chi connectivity index (χ2v) is 4.53. The summed E-state index contributed by atoms with van der Waals surface area (Å²) in [6, 6.07) is 2.28. The van der Waals surface area contributed by atoms with Crippen molar-refractivity contribution in [3.63, 3.8) is 0 Å². The highest BCUT2D eigenvalue weighted by Gasteiger charge is 2.20. The molecule has 0 aliphatic rings. The van der Waals surface area contributed by atoms with Crippen LogP contribution in [0.2, 0.25) is 10.0 Å². The summed E-state index contributed by atoms with van der Waals surface area (Å²) < 4.78 is 0. The third-order valence-corrected chi connectivity index (χ3v) is 3.33. The van der Waals surface area contributed by atoms with Gasteiger partial charge in [-0.2, -0.15) is 0 Å². The van der Waals surface area contributed by atoms with E-state index in [9.17, 15) is 19.2 Å². The van der Waals surface area contributed by atoms with Gasteiger partial charge in [-0.05, 0) is 12.1 Å². The topological polar surface area (TPSA) is 68.3 Å². The van der Waals surface area contributed by atoms with Crippen LogP contribution in [0.1, 0.15) is 22.3 Å². The fourth-order valence-electron chi connectivity index (χ4n) is 1.93. The van der Waals surface area contributed by atoms with Gasteiger partial charge in [-0.15, -0.1) is 0 Å². The molecule has 4 nitrogen and oxygen atoms in total. The summed E-state index contributed by atoms with van der Waals surface area (Å²) in [5.74, 6) is 0. The average Bonchev–Trinajstić information content (AvgIpc) is 2.45. The number of hydrogen-bond donors (Lipinski definition) is 0. The monoisotopic (exact) mass is 304 g/mol. The molecule has 6 heteroatoms. The zero-order chi connectivity index (χ0) is 14.9. The van der Waals surface area contributed by atoms with E-state index in [1.54, 1.807) is 25.1 Å². The minimum absolute atomic E-state index is 0.0244. The first-order valence-corrected chi connectivity index (χ1v) is 5.86. The van der Waals surface area contributed by atoms with E-state index in [-0.39, 0.29) is 43.1 Å². The third-order valence-electron chi connectivity index (χ3n) is 2.73. The lowest BCUT2D eigenvalue weighted by Gasteiger charge is -2.11. The number of carbonyl (C=O) groups excluding carboxylic acids is 4. The van der Waals surface area contributed by atoms with Crippen LogP contribution in [-0.2, 0) is 19.2 Å². The molecule has 0 N–H and O–H groups in total. The minimum atomic E-state index is -0.160. The van der Waals surface area contributed by atoms with Crippen molar-refractivity contribution in [2.75, 3.05) is 0 Å². The molecule has 96 valence electrons. The van der Waals surface area contributed by atoms with E-state index in [0.717, 1.165) is 12.1 Å². The first-order valence-electron chi connectivity index (χ1n) is 5.10. The maximum absolute atomic E-state index is 11.0. The highest BCUT2D eigenvalue weighted by atomic mass is 35.5. The van der Waals surface area contributed by atoms with Gasteiger partial charge in [-0.1, -0.05) is 23.2 Å². The lowest BCUT2D eigenvalue weighted by atomic mass is 9.93. The predicted octanol–water partition coefficient (Wildman–Crippen LogP) is 1.98. The van der Waals surface area contributed by atoms with Gasteiger partial charge in [0.05, 0.1) is 21.2 Å². The van der Waals surface area contributed by atoms with E-state index in [4.69, 9.17) is 23.2 Å². The van der Waals surface area contributed by atoms with Crippen LogP contribution in [0.15, 0.2) is 12.1 Å². The van der Waals surface area contributed by atoms with Gasteiger partial charge in [-0.25, -0.2) is 0 Å². The Morgan fingerprint density at radius 2 is 1.00 bits per heavy atom. The van der Waals surface area contributed by atoms with Crippen LogP contribution in [0.3, 0.4) is 0 Å². The summed E-state index contributed by atoms with van der Waals surface area (Å²) in [7, 11) is 0. The lowest BCUT2D eigenvalue weighted by molar-refractivity contribution is 0.560. The van der Waals surface area contributed by atoms with Gasteiger partial charge in [0.15, 0.2) is 0 Å². The summed E-state index contributed by atoms with van der Waals surface area (Å²) in [6.45, 7) is 0. The van der Waals surface area contributed by atoms with Crippen LogP contribution in [-0.4, -0.2) is 25.1 Å². The number of fused-ring (bicyclic) bond motifs is 1. The zero-order valence-corrected chi connectivity index (χ0v) is 11.1. The summed E-state index contributed by atoms with van der Waals surface area (Å²) in [5, 5.41) is -0.241. The summed E-state index contributed by atoms with van der Waals surface area (Å²) in [6.07, 6.45) is 6.31. The van der Waals surface area contributed by atoms with Gasteiger partial charge < -0.3 is 0 Å². The van der Waals surface area contributed by atoms with Crippen molar-refractivity contribution in [1.29, 1.82) is 0 Å². The molecule has 0 heterocycles. The van der Waals surface area contributed by atoms with Crippen molar-refractivity contribution < 1.29 is 19.2 Å². The van der Waals surface area contributed by atoms with Crippen molar-refractivity contribution in [2.24, 2.45) is 0 Å². The molecule has 2 aromatic rings. The highest BCUT2D eigenvalue weighted by Crippen LogP contribution is 2.35. The quantitative estimate of drug-likeness (QED) is 0.866. The number of hydrogen-bond acceptors (Lipinski definition) is 4. The molecular formula is C14H2Cl2O4. The molecule has 0 saturated carbocycles. The molecule has 0 unspecified atom stereocenters. The van der Waals surface area contributed by atoms with Crippen molar-refractivity contribution in [2.45, 2.75) is 0 Å². The molecule has 0 atom stereocenters. The van der Waals surface area contributed by atoms with Crippen molar-refractivity contribution in [1.82, 2.24) is 0 Å². The molecule has 0 aliphatic carbocycles. The smallest absolute Gasteiger partial charge is 0.235 e. The molecule has 0 aromatic heterocycles. The van der Waals surface area contributed by atoms with Crippen LogP contribution in [0.4, 0.5) is 0 Å². The van der Waals surface area contributed by atoms with E-state index in [0.29, 0.717) is 0 Å². The molecule has 0 saturated heterocycles. The molecule has 2 aromatic carbocycles. The first-order chi connectivity index (χ1) is 9.58. The average molecular weight is 305 g/mol. The lowest BCUT2D eigenvalue weighted by Crippen LogP contribution is -2.00. The van der Waals surface area contributed by atoms with E-state index < -0.39 is 0 Å². The minimum Gasteiger partial charge on any atom is -0.285 e. The Balaban J connectivity index is 3.24. The van der Waals surface area contributed by atoms with Crippen molar-refractivity contribution >= 4 is 59.1 Å². The molecule has 4 radical (unpaired) electrons. The summed E-state index contributed by atoms with van der Waals surface area (Å²) in [4.78, 5) is 44.0. The molecule has 0 spiro atoms. The second-order valence-electron chi connectivity index (χ2n) is 3.72. The molecule has 2 rings (SSSR count). The Morgan fingerprint density at radius 3 is 1.25 bits per heavy atom. The molecule has 0 aliphatic heterocycles. The van der Waals surface area contributed by atoms with Gasteiger partial charge in [0.1, 0.15) is 0 Å². The van der Waals surface area contributed by atoms with E-state index in [2.05, 4.69) is 0 Å². The van der Waals surface area contributed by atoms with E-state index >= 15 is 0 Å². The Labute approximate surface area is 123 Å². The number of benzene rings is 2. The number of rotatable bonds is 4. The molecule has 0 amide bonds. The second kappa shape index (κ2) is 5.53. The molecular weight excluding hydrogens is 303 g/mol. The van der Waals surface area contributed by atoms with Crippen LogP contribution < -0.4 is 0 Å². The standard InChI is InChI=1S/C14H2Cl2O4/c15-11-1-7(3-17)13-10(6-20)12(16)2-8(4-18)14(13)9(11)5-19/h1-2H. The fourth-order valence-corrected chi connectivity index (χ4v) is 2.41. The molecule has 20 heavy (non-hydrogen) atoms. The Bertz CT molecular complexity index is 701. The van der Waals surface area contributed by atoms with Gasteiger partial charge in [0, 0.05) is 21.9 Å². The maximum Gasteiger partial charge on any atom is 0.235 e. The largest absolute Gasteiger partial charge is 0.285 e. The van der Waals surface area contributed by atoms with Gasteiger partial charge in [-0.3, -0.25) is 19.2 Å². The van der Waals surface area contributed by atoms with Crippen LogP contribution in [0.5, 0.6) is 0 Å². The van der Waals surface area contributed by atoms with Crippen molar-refractivity contribution in [3.8, 4) is 0 Å². The predicted molar refractivity (Wildman–Crippen MR) is 73.2 cm³/mol. The Hall–Kier alpha value is -2.04. The third kappa shape index (κ3) is 2.03. The van der Waals surface area contributed by atoms with Gasteiger partial charge >= 0.3 is 0 Å². The van der Waals surface area contributed by atoms with Crippen LogP contribution >= 0.6 is 23.2 Å². The van der Waals surface area contributed by atoms with Crippen LogP contribution in [0, 0.1) is 0 Å². The fraction of sp³-hybridized carbons (Fsp3) is 0. The zero-order valence-electron chi connectivity index (χ0n) is 9.54.